The Morgan fingerprint density at radius 2 is 1.90 bits per heavy atom. The third-order valence-electron chi connectivity index (χ3n) is 4.96. The van der Waals surface area contributed by atoms with Gasteiger partial charge in [-0.1, -0.05) is 40.9 Å². The van der Waals surface area contributed by atoms with Crippen LogP contribution in [0.15, 0.2) is 28.7 Å². The van der Waals surface area contributed by atoms with Crippen LogP contribution in [0, 0.1) is 0 Å². The number of ether oxygens (including phenoxy) is 1. The van der Waals surface area contributed by atoms with Gasteiger partial charge in [-0.05, 0) is 49.8 Å². The lowest BCUT2D eigenvalue weighted by molar-refractivity contribution is -0.0427. The third kappa shape index (κ3) is 3.10. The van der Waals surface area contributed by atoms with Gasteiger partial charge in [-0.2, -0.15) is 0 Å². The summed E-state index contributed by atoms with van der Waals surface area (Å²) in [6, 6.07) is 8.30. The van der Waals surface area contributed by atoms with Crippen molar-refractivity contribution >= 4 is 15.9 Å². The first-order chi connectivity index (χ1) is 9.71. The molecule has 2 nitrogen and oxygen atoms in total. The van der Waals surface area contributed by atoms with Gasteiger partial charge in [-0.3, -0.25) is 0 Å². The van der Waals surface area contributed by atoms with Crippen LogP contribution >= 0.6 is 15.9 Å². The minimum absolute atomic E-state index is 0.199. The summed E-state index contributed by atoms with van der Waals surface area (Å²) in [4.78, 5) is 0. The highest BCUT2D eigenvalue weighted by molar-refractivity contribution is 9.10. The summed E-state index contributed by atoms with van der Waals surface area (Å²) >= 11 is 3.46. The molecule has 3 heteroatoms. The molecular weight excluding hydrogens is 316 g/mol. The molecule has 1 aromatic carbocycles. The van der Waals surface area contributed by atoms with Gasteiger partial charge >= 0.3 is 0 Å². The van der Waals surface area contributed by atoms with E-state index in [0.717, 1.165) is 17.3 Å². The molecular formula is C17H23BrO2. The molecule has 1 aliphatic heterocycles. The van der Waals surface area contributed by atoms with Gasteiger partial charge in [0.25, 0.3) is 0 Å². The molecule has 2 aliphatic rings. The number of rotatable bonds is 4. The second kappa shape index (κ2) is 6.17. The molecule has 110 valence electrons. The average molecular weight is 339 g/mol. The summed E-state index contributed by atoms with van der Waals surface area (Å²) in [6.07, 6.45) is 8.78. The Labute approximate surface area is 129 Å². The Kier molecular flexibility index (Phi) is 4.49. The molecule has 0 aromatic heterocycles. The highest BCUT2D eigenvalue weighted by Gasteiger charge is 2.42. The molecule has 0 bridgehead atoms. The highest BCUT2D eigenvalue weighted by atomic mass is 79.9. The van der Waals surface area contributed by atoms with E-state index in [1.807, 2.05) is 12.1 Å². The number of benzene rings is 1. The predicted octanol–water partition coefficient (Wildman–Crippen LogP) is 4.41. The monoisotopic (exact) mass is 338 g/mol. The zero-order valence-electron chi connectivity index (χ0n) is 11.9. The fourth-order valence-corrected chi connectivity index (χ4v) is 4.08. The van der Waals surface area contributed by atoms with Gasteiger partial charge in [-0.15, -0.1) is 0 Å². The first-order valence-corrected chi connectivity index (χ1v) is 8.54. The molecule has 1 N–H and O–H groups in total. The molecule has 1 aliphatic carbocycles. The molecule has 1 spiro atoms. The zero-order chi connectivity index (χ0) is 14.0. The maximum absolute atomic E-state index is 9.70. The van der Waals surface area contributed by atoms with E-state index >= 15 is 0 Å². The van der Waals surface area contributed by atoms with Crippen LogP contribution < -0.4 is 0 Å². The van der Waals surface area contributed by atoms with Crippen LogP contribution in [0.25, 0.3) is 0 Å². The molecule has 1 aromatic rings. The van der Waals surface area contributed by atoms with Crippen molar-refractivity contribution in [3.05, 3.63) is 34.3 Å². The molecule has 2 atom stereocenters. The molecule has 0 radical (unpaired) electrons. The van der Waals surface area contributed by atoms with Gasteiger partial charge in [0.05, 0.1) is 18.3 Å². The number of aliphatic hydroxyl groups is 1. The quantitative estimate of drug-likeness (QED) is 0.881. The van der Waals surface area contributed by atoms with E-state index in [1.165, 1.54) is 37.7 Å². The second-order valence-electron chi connectivity index (χ2n) is 6.34. The van der Waals surface area contributed by atoms with Crippen molar-refractivity contribution in [3.8, 4) is 0 Å². The summed E-state index contributed by atoms with van der Waals surface area (Å²) in [5.74, 6) is 0.199. The molecule has 3 rings (SSSR count). The van der Waals surface area contributed by atoms with Crippen LogP contribution in [0.2, 0.25) is 0 Å². The fraction of sp³-hybridized carbons (Fsp3) is 0.647. The van der Waals surface area contributed by atoms with Gasteiger partial charge in [0, 0.05) is 10.4 Å². The first-order valence-electron chi connectivity index (χ1n) is 7.75. The van der Waals surface area contributed by atoms with E-state index < -0.39 is 0 Å². The first kappa shape index (κ1) is 14.6. The summed E-state index contributed by atoms with van der Waals surface area (Å²) in [7, 11) is 0. The molecule has 1 saturated heterocycles. The van der Waals surface area contributed by atoms with Crippen molar-refractivity contribution in [1.29, 1.82) is 0 Å². The van der Waals surface area contributed by atoms with Gasteiger partial charge < -0.3 is 9.84 Å². The normalized spacial score (nSPS) is 26.2. The van der Waals surface area contributed by atoms with Crippen LogP contribution in [0.4, 0.5) is 0 Å². The van der Waals surface area contributed by atoms with Crippen LogP contribution in [-0.4, -0.2) is 23.4 Å². The smallest absolute Gasteiger partial charge is 0.0687 e. The van der Waals surface area contributed by atoms with Gasteiger partial charge in [0.2, 0.25) is 0 Å². The summed E-state index contributed by atoms with van der Waals surface area (Å²) < 4.78 is 7.45. The Morgan fingerprint density at radius 1 is 1.20 bits per heavy atom. The van der Waals surface area contributed by atoms with Crippen LogP contribution in [0.3, 0.4) is 0 Å². The van der Waals surface area contributed by atoms with Crippen molar-refractivity contribution in [2.24, 2.45) is 0 Å². The molecule has 2 fully saturated rings. The van der Waals surface area contributed by atoms with Crippen LogP contribution in [0.1, 0.15) is 56.4 Å². The lowest BCUT2D eigenvalue weighted by Crippen LogP contribution is -2.25. The second-order valence-corrected chi connectivity index (χ2v) is 7.25. The van der Waals surface area contributed by atoms with E-state index in [1.54, 1.807) is 0 Å². The van der Waals surface area contributed by atoms with Crippen molar-refractivity contribution in [2.75, 3.05) is 6.61 Å². The lowest BCUT2D eigenvalue weighted by Gasteiger charge is -2.25. The number of hydrogen-bond acceptors (Lipinski definition) is 2. The largest absolute Gasteiger partial charge is 0.396 e. The molecule has 1 heterocycles. The molecule has 2 unspecified atom stereocenters. The molecule has 0 amide bonds. The minimum atomic E-state index is 0.199. The van der Waals surface area contributed by atoms with Crippen molar-refractivity contribution in [3.63, 3.8) is 0 Å². The number of halogens is 1. The Bertz CT molecular complexity index is 437. The fourth-order valence-electron chi connectivity index (χ4n) is 3.82. The lowest BCUT2D eigenvalue weighted by atomic mass is 9.92. The average Bonchev–Trinajstić information content (AvgIpc) is 3.08. The summed E-state index contributed by atoms with van der Waals surface area (Å²) in [6.45, 7) is 0.203. The van der Waals surface area contributed by atoms with Gasteiger partial charge in [0.15, 0.2) is 0 Å². The summed E-state index contributed by atoms with van der Waals surface area (Å²) in [5.41, 5.74) is 1.41. The van der Waals surface area contributed by atoms with E-state index in [0.29, 0.717) is 6.10 Å². The Morgan fingerprint density at radius 3 is 2.55 bits per heavy atom. The minimum Gasteiger partial charge on any atom is -0.396 e. The van der Waals surface area contributed by atoms with E-state index in [2.05, 4.69) is 28.1 Å². The van der Waals surface area contributed by atoms with E-state index in [4.69, 9.17) is 4.74 Å². The maximum Gasteiger partial charge on any atom is 0.0687 e. The Hall–Kier alpha value is -0.380. The topological polar surface area (TPSA) is 29.5 Å². The van der Waals surface area contributed by atoms with Crippen molar-refractivity contribution in [2.45, 2.75) is 62.6 Å². The van der Waals surface area contributed by atoms with Gasteiger partial charge in [0.1, 0.15) is 0 Å². The van der Waals surface area contributed by atoms with Crippen LogP contribution in [0.5, 0.6) is 0 Å². The maximum atomic E-state index is 9.70. The van der Waals surface area contributed by atoms with Crippen molar-refractivity contribution < 1.29 is 9.84 Å². The van der Waals surface area contributed by atoms with Gasteiger partial charge in [-0.25, -0.2) is 0 Å². The standard InChI is InChI=1S/C17H23BrO2/c18-15-5-3-13(4-6-15)14(12-19)11-16-7-10-17(20-16)8-1-2-9-17/h3-6,14,16,19H,1-2,7-12H2. The number of hydrogen-bond donors (Lipinski definition) is 1. The molecule has 20 heavy (non-hydrogen) atoms. The third-order valence-corrected chi connectivity index (χ3v) is 5.49. The number of aliphatic hydroxyl groups excluding tert-OH is 1. The molecule has 1 saturated carbocycles. The Balaban J connectivity index is 1.62. The zero-order valence-corrected chi connectivity index (χ0v) is 13.4. The van der Waals surface area contributed by atoms with Crippen molar-refractivity contribution in [1.82, 2.24) is 0 Å². The van der Waals surface area contributed by atoms with E-state index in [-0.39, 0.29) is 18.1 Å². The predicted molar refractivity (Wildman–Crippen MR) is 83.9 cm³/mol. The SMILES string of the molecule is OCC(CC1CCC2(CCCC2)O1)c1ccc(Br)cc1. The van der Waals surface area contributed by atoms with Crippen LogP contribution in [-0.2, 0) is 4.74 Å². The summed E-state index contributed by atoms with van der Waals surface area (Å²) in [5, 5.41) is 9.70. The van der Waals surface area contributed by atoms with E-state index in [9.17, 15) is 5.11 Å². The highest BCUT2D eigenvalue weighted by Crippen LogP contribution is 2.45.